The fourth-order valence-electron chi connectivity index (χ4n) is 5.57. The molecule has 2 aromatic carbocycles. The van der Waals surface area contributed by atoms with Crippen molar-refractivity contribution in [2.45, 2.75) is 57.4 Å². The van der Waals surface area contributed by atoms with Crippen LogP contribution in [0.2, 0.25) is 0 Å². The van der Waals surface area contributed by atoms with Crippen molar-refractivity contribution in [3.8, 4) is 5.75 Å². The van der Waals surface area contributed by atoms with Crippen LogP contribution in [0.3, 0.4) is 0 Å². The lowest BCUT2D eigenvalue weighted by molar-refractivity contribution is 0.0590. The van der Waals surface area contributed by atoms with E-state index in [4.69, 9.17) is 4.74 Å². The molecule has 2 bridgehead atoms. The van der Waals surface area contributed by atoms with E-state index in [9.17, 15) is 0 Å². The lowest BCUT2D eigenvalue weighted by Crippen LogP contribution is -2.59. The molecule has 1 N–H and O–H groups in total. The van der Waals surface area contributed by atoms with Crippen LogP contribution in [0.15, 0.2) is 54.6 Å². The number of hydrogen-bond acceptors (Lipinski definition) is 2. The maximum atomic E-state index is 5.78. The predicted molar refractivity (Wildman–Crippen MR) is 112 cm³/mol. The number of hydrogen-bond donors (Lipinski definition) is 1. The zero-order chi connectivity index (χ0) is 18.7. The van der Waals surface area contributed by atoms with Gasteiger partial charge in [0.15, 0.2) is 0 Å². The average molecular weight is 364 g/mol. The van der Waals surface area contributed by atoms with Crippen LogP contribution in [0.25, 0.3) is 0 Å². The summed E-state index contributed by atoms with van der Waals surface area (Å²) in [5.74, 6) is 3.24. The van der Waals surface area contributed by atoms with Gasteiger partial charge in [0.2, 0.25) is 0 Å². The van der Waals surface area contributed by atoms with Crippen LogP contribution in [0.1, 0.15) is 56.6 Å². The fourth-order valence-corrected chi connectivity index (χ4v) is 5.57. The largest absolute Gasteiger partial charge is 0.494 e. The first kappa shape index (κ1) is 18.6. The van der Waals surface area contributed by atoms with Crippen LogP contribution in [-0.2, 0) is 6.42 Å². The third-order valence-electron chi connectivity index (χ3n) is 6.93. The fraction of sp³-hybridized carbons (Fsp3) is 0.520. The van der Waals surface area contributed by atoms with E-state index < -0.39 is 0 Å². The Kier molecular flexibility index (Phi) is 5.54. The highest BCUT2D eigenvalue weighted by Gasteiger charge is 2.47. The summed E-state index contributed by atoms with van der Waals surface area (Å²) in [6.45, 7) is 6.32. The maximum absolute atomic E-state index is 5.78. The van der Waals surface area contributed by atoms with Crippen molar-refractivity contribution >= 4 is 0 Å². The molecule has 27 heavy (non-hydrogen) atoms. The first-order valence-electron chi connectivity index (χ1n) is 10.7. The van der Waals surface area contributed by atoms with Gasteiger partial charge in [0.25, 0.3) is 0 Å². The number of fused-ring (bicyclic) bond motifs is 2. The molecule has 4 rings (SSSR count). The second kappa shape index (κ2) is 8.06. The molecule has 1 aliphatic heterocycles. The van der Waals surface area contributed by atoms with Gasteiger partial charge in [0, 0.05) is 5.54 Å². The van der Waals surface area contributed by atoms with Gasteiger partial charge in [0.05, 0.1) is 6.61 Å². The highest BCUT2D eigenvalue weighted by molar-refractivity contribution is 5.33. The maximum Gasteiger partial charge on any atom is 0.119 e. The van der Waals surface area contributed by atoms with E-state index in [1.807, 2.05) is 0 Å². The normalized spacial score (nSPS) is 30.1. The monoisotopic (exact) mass is 363 g/mol. The molecule has 1 saturated carbocycles. The average Bonchev–Trinajstić information content (AvgIpc) is 2.70. The SMILES string of the molecule is CCOc1cccc(C2CCC3(Cc4ccccc4)CC2C(CC)CN3)c1. The van der Waals surface area contributed by atoms with Gasteiger partial charge in [-0.2, -0.15) is 0 Å². The minimum atomic E-state index is 0.283. The second-order valence-electron chi connectivity index (χ2n) is 8.51. The topological polar surface area (TPSA) is 21.3 Å². The Balaban J connectivity index is 1.58. The summed E-state index contributed by atoms with van der Waals surface area (Å²) in [4.78, 5) is 0. The highest BCUT2D eigenvalue weighted by atomic mass is 16.5. The summed E-state index contributed by atoms with van der Waals surface area (Å²) in [6, 6.07) is 19.9. The molecule has 2 heteroatoms. The predicted octanol–water partition coefficient (Wildman–Crippen LogP) is 5.58. The number of ether oxygens (including phenoxy) is 1. The molecule has 2 aliphatic rings. The van der Waals surface area contributed by atoms with Crippen molar-refractivity contribution in [3.05, 3.63) is 65.7 Å². The zero-order valence-corrected chi connectivity index (χ0v) is 16.8. The lowest BCUT2D eigenvalue weighted by atomic mass is 9.59. The summed E-state index contributed by atoms with van der Waals surface area (Å²) >= 11 is 0. The van der Waals surface area contributed by atoms with Crippen LogP contribution in [0, 0.1) is 11.8 Å². The minimum Gasteiger partial charge on any atom is -0.494 e. The molecule has 0 radical (unpaired) electrons. The molecule has 0 aromatic heterocycles. The highest BCUT2D eigenvalue weighted by Crippen LogP contribution is 2.50. The number of piperidine rings is 1. The van der Waals surface area contributed by atoms with Crippen molar-refractivity contribution in [2.24, 2.45) is 11.8 Å². The second-order valence-corrected chi connectivity index (χ2v) is 8.51. The minimum absolute atomic E-state index is 0.283. The molecular weight excluding hydrogens is 330 g/mol. The van der Waals surface area contributed by atoms with E-state index in [2.05, 4.69) is 73.8 Å². The van der Waals surface area contributed by atoms with E-state index in [1.54, 1.807) is 0 Å². The van der Waals surface area contributed by atoms with Crippen molar-refractivity contribution in [3.63, 3.8) is 0 Å². The number of nitrogens with one attached hydrogen (secondary N) is 1. The Labute approximate surface area is 164 Å². The molecule has 1 heterocycles. The molecule has 1 saturated heterocycles. The molecule has 4 atom stereocenters. The molecule has 2 aromatic rings. The Hall–Kier alpha value is -1.80. The summed E-state index contributed by atoms with van der Waals surface area (Å²) in [5, 5.41) is 3.99. The smallest absolute Gasteiger partial charge is 0.119 e. The van der Waals surface area contributed by atoms with Crippen LogP contribution < -0.4 is 10.1 Å². The summed E-state index contributed by atoms with van der Waals surface area (Å²) < 4.78 is 5.78. The summed E-state index contributed by atoms with van der Waals surface area (Å²) in [7, 11) is 0. The molecular formula is C25H33NO. The molecule has 4 unspecified atom stereocenters. The van der Waals surface area contributed by atoms with Crippen molar-refractivity contribution in [2.75, 3.05) is 13.2 Å². The Bertz CT molecular complexity index is 743. The zero-order valence-electron chi connectivity index (χ0n) is 16.8. The Morgan fingerprint density at radius 2 is 1.93 bits per heavy atom. The molecule has 1 aliphatic carbocycles. The first-order chi connectivity index (χ1) is 13.2. The van der Waals surface area contributed by atoms with Crippen LogP contribution >= 0.6 is 0 Å². The first-order valence-corrected chi connectivity index (χ1v) is 10.7. The third kappa shape index (κ3) is 3.91. The van der Waals surface area contributed by atoms with E-state index in [0.29, 0.717) is 5.92 Å². The van der Waals surface area contributed by atoms with Crippen LogP contribution in [0.5, 0.6) is 5.75 Å². The van der Waals surface area contributed by atoms with Gasteiger partial charge in [-0.1, -0.05) is 55.8 Å². The summed E-state index contributed by atoms with van der Waals surface area (Å²) in [5.41, 5.74) is 3.24. The summed E-state index contributed by atoms with van der Waals surface area (Å²) in [6.07, 6.45) is 6.26. The molecule has 2 nitrogen and oxygen atoms in total. The number of benzene rings is 2. The van der Waals surface area contributed by atoms with Gasteiger partial charge in [-0.05, 0) is 80.2 Å². The van der Waals surface area contributed by atoms with Gasteiger partial charge in [-0.15, -0.1) is 0 Å². The van der Waals surface area contributed by atoms with Crippen LogP contribution in [0.4, 0.5) is 0 Å². The number of rotatable bonds is 6. The lowest BCUT2D eigenvalue weighted by Gasteiger charge is -2.53. The Morgan fingerprint density at radius 1 is 1.07 bits per heavy atom. The van der Waals surface area contributed by atoms with Gasteiger partial charge in [0.1, 0.15) is 5.75 Å². The molecule has 0 spiro atoms. The van der Waals surface area contributed by atoms with Gasteiger partial charge < -0.3 is 10.1 Å². The van der Waals surface area contributed by atoms with Crippen molar-refractivity contribution < 1.29 is 4.74 Å². The molecule has 2 fully saturated rings. The van der Waals surface area contributed by atoms with E-state index in [0.717, 1.165) is 37.2 Å². The van der Waals surface area contributed by atoms with Gasteiger partial charge >= 0.3 is 0 Å². The quantitative estimate of drug-likeness (QED) is 0.723. The van der Waals surface area contributed by atoms with Crippen LogP contribution in [-0.4, -0.2) is 18.7 Å². The van der Waals surface area contributed by atoms with Gasteiger partial charge in [-0.3, -0.25) is 0 Å². The molecule has 144 valence electrons. The van der Waals surface area contributed by atoms with Crippen molar-refractivity contribution in [1.82, 2.24) is 5.32 Å². The third-order valence-corrected chi connectivity index (χ3v) is 6.93. The van der Waals surface area contributed by atoms with E-state index >= 15 is 0 Å². The Morgan fingerprint density at radius 3 is 2.70 bits per heavy atom. The standard InChI is InChI=1S/C25H33NO/c1-3-20-18-26-25(16-19-9-6-5-7-10-19)14-13-23(24(20)17-25)21-11-8-12-22(15-21)27-4-2/h5-12,15,20,23-24,26H,3-4,13-14,16-18H2,1-2H3. The molecule has 0 amide bonds. The van der Waals surface area contributed by atoms with E-state index in [1.165, 1.54) is 36.8 Å². The van der Waals surface area contributed by atoms with Crippen molar-refractivity contribution in [1.29, 1.82) is 0 Å². The van der Waals surface area contributed by atoms with E-state index in [-0.39, 0.29) is 5.54 Å². The van der Waals surface area contributed by atoms with Gasteiger partial charge in [-0.25, -0.2) is 0 Å².